The number of esters is 1. The number of ether oxygens (including phenoxy) is 1. The van der Waals surface area contributed by atoms with Crippen molar-refractivity contribution in [2.24, 2.45) is 0 Å². The lowest BCUT2D eigenvalue weighted by molar-refractivity contribution is -0.408. The second-order valence-corrected chi connectivity index (χ2v) is 4.66. The van der Waals surface area contributed by atoms with Gasteiger partial charge in [0.15, 0.2) is 6.04 Å². The van der Waals surface area contributed by atoms with Crippen LogP contribution >= 0.6 is 0 Å². The van der Waals surface area contributed by atoms with Crippen molar-refractivity contribution >= 4 is 5.97 Å². The number of hydrogen-bond donors (Lipinski definition) is 2. The number of hydrogen-bond acceptors (Lipinski definition) is 3. The van der Waals surface area contributed by atoms with E-state index < -0.39 is 6.04 Å². The molecule has 0 spiro atoms. The van der Waals surface area contributed by atoms with Crippen molar-refractivity contribution in [2.45, 2.75) is 19.1 Å². The van der Waals surface area contributed by atoms with E-state index in [9.17, 15) is 9.90 Å². The zero-order valence-corrected chi connectivity index (χ0v) is 11.2. The number of carbonyl (C=O) groups is 1. The van der Waals surface area contributed by atoms with Crippen molar-refractivity contribution in [3.63, 3.8) is 0 Å². The standard InChI is InChI=1S/C16H17NO3/c17-15(10-12-6-8-14(18)9-7-12)16(19)20-11-13-4-2-1-3-5-13/h1-9,15,18H,10-11,17H2/p+1/t15-/m1/s1. The molecule has 0 aliphatic carbocycles. The molecule has 4 heteroatoms. The highest BCUT2D eigenvalue weighted by molar-refractivity contribution is 5.74. The van der Waals surface area contributed by atoms with Crippen LogP contribution in [-0.2, 0) is 22.6 Å². The van der Waals surface area contributed by atoms with Crippen LogP contribution < -0.4 is 5.73 Å². The highest BCUT2D eigenvalue weighted by atomic mass is 16.5. The molecule has 20 heavy (non-hydrogen) atoms. The van der Waals surface area contributed by atoms with Gasteiger partial charge in [0.05, 0.1) is 0 Å². The first-order chi connectivity index (χ1) is 9.65. The molecule has 0 saturated heterocycles. The molecule has 104 valence electrons. The fourth-order valence-electron chi connectivity index (χ4n) is 1.85. The van der Waals surface area contributed by atoms with Crippen molar-refractivity contribution in [3.05, 3.63) is 65.7 Å². The van der Waals surface area contributed by atoms with Crippen LogP contribution in [0, 0.1) is 0 Å². The Morgan fingerprint density at radius 1 is 1.05 bits per heavy atom. The maximum Gasteiger partial charge on any atom is 0.365 e. The van der Waals surface area contributed by atoms with Gasteiger partial charge in [-0.1, -0.05) is 42.5 Å². The van der Waals surface area contributed by atoms with Gasteiger partial charge in [-0.2, -0.15) is 0 Å². The highest BCUT2D eigenvalue weighted by Crippen LogP contribution is 2.11. The van der Waals surface area contributed by atoms with Crippen molar-refractivity contribution in [2.75, 3.05) is 0 Å². The molecule has 2 aromatic rings. The molecule has 0 aliphatic rings. The SMILES string of the molecule is [NH3+][C@H](Cc1ccc(O)cc1)C(=O)OCc1ccccc1. The molecule has 4 N–H and O–H groups in total. The van der Waals surface area contributed by atoms with Gasteiger partial charge in [-0.3, -0.25) is 0 Å². The third kappa shape index (κ3) is 4.10. The summed E-state index contributed by atoms with van der Waals surface area (Å²) in [6.45, 7) is 0.265. The molecule has 0 fully saturated rings. The van der Waals surface area contributed by atoms with Crippen molar-refractivity contribution in [3.8, 4) is 5.75 Å². The van der Waals surface area contributed by atoms with Gasteiger partial charge >= 0.3 is 5.97 Å². The summed E-state index contributed by atoms with van der Waals surface area (Å²) in [6, 6.07) is 15.8. The quantitative estimate of drug-likeness (QED) is 0.805. The van der Waals surface area contributed by atoms with E-state index in [2.05, 4.69) is 5.73 Å². The number of phenolic OH excluding ortho intramolecular Hbond substituents is 1. The summed E-state index contributed by atoms with van der Waals surface area (Å²) < 4.78 is 5.23. The Labute approximate surface area is 117 Å². The molecule has 0 aromatic heterocycles. The molecule has 0 amide bonds. The molecule has 1 atom stereocenters. The summed E-state index contributed by atoms with van der Waals surface area (Å²) in [5.74, 6) is -0.108. The first kappa shape index (κ1) is 14.1. The lowest BCUT2D eigenvalue weighted by Gasteiger charge is -2.09. The van der Waals surface area contributed by atoms with Crippen LogP contribution in [-0.4, -0.2) is 17.1 Å². The smallest absolute Gasteiger partial charge is 0.365 e. The lowest BCUT2D eigenvalue weighted by atomic mass is 10.1. The van der Waals surface area contributed by atoms with Gasteiger partial charge in [-0.05, 0) is 23.3 Å². The molecule has 0 unspecified atom stereocenters. The van der Waals surface area contributed by atoms with Gasteiger partial charge in [-0.25, -0.2) is 4.79 Å². The Bertz CT molecular complexity index is 552. The fraction of sp³-hybridized carbons (Fsp3) is 0.188. The second-order valence-electron chi connectivity index (χ2n) is 4.66. The third-order valence-corrected chi connectivity index (χ3v) is 2.98. The monoisotopic (exact) mass is 272 g/mol. The Morgan fingerprint density at radius 3 is 2.35 bits per heavy atom. The van der Waals surface area contributed by atoms with E-state index in [-0.39, 0.29) is 18.3 Å². The summed E-state index contributed by atoms with van der Waals surface area (Å²) in [5.41, 5.74) is 5.73. The van der Waals surface area contributed by atoms with Crippen LogP contribution in [0.1, 0.15) is 11.1 Å². The second kappa shape index (κ2) is 6.73. The number of quaternary nitrogens is 1. The minimum atomic E-state index is -0.455. The molecular formula is C16H18NO3+. The molecular weight excluding hydrogens is 254 g/mol. The summed E-state index contributed by atoms with van der Waals surface area (Å²) in [4.78, 5) is 11.9. The number of carbonyl (C=O) groups excluding carboxylic acids is 1. The van der Waals surface area contributed by atoms with Gasteiger partial charge in [0.2, 0.25) is 0 Å². The summed E-state index contributed by atoms with van der Waals surface area (Å²) in [5, 5.41) is 9.20. The number of rotatable bonds is 5. The fourth-order valence-corrected chi connectivity index (χ4v) is 1.85. The van der Waals surface area contributed by atoms with Gasteiger partial charge in [0, 0.05) is 6.42 Å². The average molecular weight is 272 g/mol. The van der Waals surface area contributed by atoms with Crippen LogP contribution in [0.15, 0.2) is 54.6 Å². The number of phenols is 1. The van der Waals surface area contributed by atoms with E-state index in [1.165, 1.54) is 0 Å². The maximum absolute atomic E-state index is 11.9. The molecule has 0 radical (unpaired) electrons. The number of benzene rings is 2. The Morgan fingerprint density at radius 2 is 1.70 bits per heavy atom. The van der Waals surface area contributed by atoms with Crippen LogP contribution in [0.4, 0.5) is 0 Å². The van der Waals surface area contributed by atoms with E-state index >= 15 is 0 Å². The zero-order chi connectivity index (χ0) is 14.4. The van der Waals surface area contributed by atoms with Crippen LogP contribution in [0.5, 0.6) is 5.75 Å². The maximum atomic E-state index is 11.9. The predicted octanol–water partition coefficient (Wildman–Crippen LogP) is 1.29. The lowest BCUT2D eigenvalue weighted by Crippen LogP contribution is -2.66. The van der Waals surface area contributed by atoms with Crippen molar-refractivity contribution in [1.29, 1.82) is 0 Å². The zero-order valence-electron chi connectivity index (χ0n) is 11.2. The highest BCUT2D eigenvalue weighted by Gasteiger charge is 2.19. The topological polar surface area (TPSA) is 74.2 Å². The Balaban J connectivity index is 1.84. The van der Waals surface area contributed by atoms with Gasteiger partial charge in [0.1, 0.15) is 12.4 Å². The Hall–Kier alpha value is -2.33. The number of aromatic hydroxyl groups is 1. The van der Waals surface area contributed by atoms with Crippen molar-refractivity contribution in [1.82, 2.24) is 0 Å². The first-order valence-electron chi connectivity index (χ1n) is 6.46. The van der Waals surface area contributed by atoms with Crippen molar-refractivity contribution < 1.29 is 20.4 Å². The average Bonchev–Trinajstić information content (AvgIpc) is 2.48. The van der Waals surface area contributed by atoms with E-state index in [4.69, 9.17) is 4.74 Å². The normalized spacial score (nSPS) is 11.8. The summed E-state index contributed by atoms with van der Waals surface area (Å²) in [6.07, 6.45) is 0.494. The molecule has 0 saturated carbocycles. The van der Waals surface area contributed by atoms with Crippen LogP contribution in [0.3, 0.4) is 0 Å². The van der Waals surface area contributed by atoms with Gasteiger partial charge in [0.25, 0.3) is 0 Å². The molecule has 0 aliphatic heterocycles. The van der Waals surface area contributed by atoms with Crippen LogP contribution in [0.2, 0.25) is 0 Å². The molecule has 2 rings (SSSR count). The third-order valence-electron chi connectivity index (χ3n) is 2.98. The molecule has 2 aromatic carbocycles. The summed E-state index contributed by atoms with van der Waals surface area (Å²) in [7, 11) is 0. The molecule has 0 heterocycles. The van der Waals surface area contributed by atoms with Gasteiger partial charge < -0.3 is 15.6 Å². The van der Waals surface area contributed by atoms with E-state index in [0.717, 1.165) is 11.1 Å². The van der Waals surface area contributed by atoms with Gasteiger partial charge in [-0.15, -0.1) is 0 Å². The predicted molar refractivity (Wildman–Crippen MR) is 74.7 cm³/mol. The molecule has 0 bridgehead atoms. The minimum Gasteiger partial charge on any atom is -0.508 e. The minimum absolute atomic E-state index is 0.209. The van der Waals surface area contributed by atoms with E-state index in [0.29, 0.717) is 6.42 Å². The first-order valence-corrected chi connectivity index (χ1v) is 6.46. The van der Waals surface area contributed by atoms with E-state index in [1.54, 1.807) is 24.3 Å². The largest absolute Gasteiger partial charge is 0.508 e. The summed E-state index contributed by atoms with van der Waals surface area (Å²) >= 11 is 0. The molecule has 4 nitrogen and oxygen atoms in total. The van der Waals surface area contributed by atoms with E-state index in [1.807, 2.05) is 30.3 Å². The van der Waals surface area contributed by atoms with Crippen LogP contribution in [0.25, 0.3) is 0 Å². The Kier molecular flexibility index (Phi) is 4.74.